The molecule has 27 heavy (non-hydrogen) atoms. The summed E-state index contributed by atoms with van der Waals surface area (Å²) >= 11 is 1.43. The maximum Gasteiger partial charge on any atom is 0.233 e. The molecule has 0 spiro atoms. The number of nitrogens with zero attached hydrogens (tertiary/aromatic N) is 3. The van der Waals surface area contributed by atoms with Gasteiger partial charge in [-0.2, -0.15) is 0 Å². The first-order chi connectivity index (χ1) is 13.2. The summed E-state index contributed by atoms with van der Waals surface area (Å²) in [7, 11) is 1.66. The first-order valence-electron chi connectivity index (χ1n) is 9.70. The Kier molecular flexibility index (Phi) is 5.66. The summed E-state index contributed by atoms with van der Waals surface area (Å²) in [5.41, 5.74) is 1.13. The smallest absolute Gasteiger partial charge is 0.233 e. The third-order valence-electron chi connectivity index (χ3n) is 5.37. The molecule has 1 amide bonds. The van der Waals surface area contributed by atoms with Gasteiger partial charge in [-0.15, -0.1) is 5.10 Å². The predicted molar refractivity (Wildman–Crippen MR) is 105 cm³/mol. The summed E-state index contributed by atoms with van der Waals surface area (Å²) in [6.07, 6.45) is 7.12. The standard InChI is InChI=1S/C20H26N4O2S/c1-26-17-10-6-14(7-11-17)12-24(16-8-9-16)18(25)13-27-20-21-19(22-23-20)15-4-2-3-5-15/h6-7,10-11,15-16H,2-5,8-9,12-13H2,1H3,(H,21,22,23). The minimum absolute atomic E-state index is 0.158. The van der Waals surface area contributed by atoms with Crippen LogP contribution in [0.4, 0.5) is 0 Å². The van der Waals surface area contributed by atoms with Crippen LogP contribution < -0.4 is 4.74 Å². The number of aromatic nitrogens is 3. The van der Waals surface area contributed by atoms with Crippen molar-refractivity contribution >= 4 is 17.7 Å². The molecule has 144 valence electrons. The summed E-state index contributed by atoms with van der Waals surface area (Å²) < 4.78 is 5.21. The average Bonchev–Trinajstić information content (AvgIpc) is 3.19. The van der Waals surface area contributed by atoms with Crippen LogP contribution in [0.3, 0.4) is 0 Å². The number of thioether (sulfide) groups is 1. The van der Waals surface area contributed by atoms with E-state index in [-0.39, 0.29) is 5.91 Å². The van der Waals surface area contributed by atoms with E-state index in [1.807, 2.05) is 29.2 Å². The molecule has 1 heterocycles. The molecule has 2 aliphatic carbocycles. The van der Waals surface area contributed by atoms with E-state index < -0.39 is 0 Å². The zero-order valence-corrected chi connectivity index (χ0v) is 16.5. The molecule has 7 heteroatoms. The quantitative estimate of drug-likeness (QED) is 0.700. The van der Waals surface area contributed by atoms with Crippen molar-refractivity contribution in [1.29, 1.82) is 0 Å². The molecular formula is C20H26N4O2S. The fourth-order valence-electron chi connectivity index (χ4n) is 3.65. The Morgan fingerprint density at radius 2 is 1.96 bits per heavy atom. The van der Waals surface area contributed by atoms with E-state index in [0.717, 1.165) is 30.0 Å². The number of aromatic amines is 1. The molecule has 2 saturated carbocycles. The largest absolute Gasteiger partial charge is 0.497 e. The molecule has 2 aromatic rings. The summed E-state index contributed by atoms with van der Waals surface area (Å²) in [6, 6.07) is 8.31. The Bertz CT molecular complexity index is 767. The van der Waals surface area contributed by atoms with Gasteiger partial charge in [-0.25, -0.2) is 4.98 Å². The number of H-pyrrole nitrogens is 1. The van der Waals surface area contributed by atoms with Gasteiger partial charge in [0.1, 0.15) is 11.6 Å². The van der Waals surface area contributed by atoms with Crippen molar-refractivity contribution in [3.63, 3.8) is 0 Å². The minimum atomic E-state index is 0.158. The van der Waals surface area contributed by atoms with Crippen molar-refractivity contribution in [3.8, 4) is 5.75 Å². The van der Waals surface area contributed by atoms with Crippen molar-refractivity contribution in [2.24, 2.45) is 0 Å². The highest BCUT2D eigenvalue weighted by atomic mass is 32.2. The Balaban J connectivity index is 1.33. The van der Waals surface area contributed by atoms with E-state index in [1.165, 1.54) is 37.4 Å². The fourth-order valence-corrected chi connectivity index (χ4v) is 4.34. The molecule has 1 aromatic heterocycles. The van der Waals surface area contributed by atoms with E-state index >= 15 is 0 Å². The molecule has 0 saturated heterocycles. The maximum atomic E-state index is 12.8. The Hall–Kier alpha value is -2.02. The molecule has 1 N–H and O–H groups in total. The lowest BCUT2D eigenvalue weighted by atomic mass is 10.1. The van der Waals surface area contributed by atoms with Crippen LogP contribution in [0, 0.1) is 0 Å². The third kappa shape index (κ3) is 4.64. The Labute approximate surface area is 164 Å². The number of hydrogen-bond donors (Lipinski definition) is 1. The second-order valence-corrected chi connectivity index (χ2v) is 8.32. The van der Waals surface area contributed by atoms with Crippen LogP contribution in [-0.2, 0) is 11.3 Å². The third-order valence-corrected chi connectivity index (χ3v) is 6.20. The lowest BCUT2D eigenvalue weighted by molar-refractivity contribution is -0.129. The summed E-state index contributed by atoms with van der Waals surface area (Å²) in [5, 5.41) is 8.05. The second-order valence-electron chi connectivity index (χ2n) is 7.37. The SMILES string of the molecule is COc1ccc(CN(C(=O)CSc2n[nH]c(C3CCCC3)n2)C2CC2)cc1. The van der Waals surface area contributed by atoms with Crippen LogP contribution in [0.1, 0.15) is 55.8 Å². The Morgan fingerprint density at radius 1 is 1.22 bits per heavy atom. The molecule has 0 unspecified atom stereocenters. The highest BCUT2D eigenvalue weighted by Gasteiger charge is 2.32. The monoisotopic (exact) mass is 386 g/mol. The molecule has 0 radical (unpaired) electrons. The first kappa shape index (κ1) is 18.3. The summed E-state index contributed by atoms with van der Waals surface area (Å²) in [6.45, 7) is 0.648. The van der Waals surface area contributed by atoms with Gasteiger partial charge in [0.2, 0.25) is 11.1 Å². The van der Waals surface area contributed by atoms with Crippen LogP contribution in [-0.4, -0.2) is 44.9 Å². The van der Waals surface area contributed by atoms with E-state index in [0.29, 0.717) is 29.4 Å². The number of methoxy groups -OCH3 is 1. The summed E-state index contributed by atoms with van der Waals surface area (Å²) in [4.78, 5) is 19.4. The summed E-state index contributed by atoms with van der Waals surface area (Å²) in [5.74, 6) is 2.88. The van der Waals surface area contributed by atoms with Gasteiger partial charge in [-0.1, -0.05) is 36.7 Å². The van der Waals surface area contributed by atoms with Gasteiger partial charge in [0.05, 0.1) is 12.9 Å². The maximum absolute atomic E-state index is 12.8. The normalized spacial score (nSPS) is 17.2. The van der Waals surface area contributed by atoms with E-state index in [9.17, 15) is 4.79 Å². The van der Waals surface area contributed by atoms with E-state index in [1.54, 1.807) is 7.11 Å². The molecule has 6 nitrogen and oxygen atoms in total. The van der Waals surface area contributed by atoms with E-state index in [2.05, 4.69) is 15.2 Å². The molecule has 1 aromatic carbocycles. The van der Waals surface area contributed by atoms with Crippen molar-refractivity contribution < 1.29 is 9.53 Å². The van der Waals surface area contributed by atoms with Gasteiger partial charge in [0, 0.05) is 18.5 Å². The average molecular weight is 387 g/mol. The van der Waals surface area contributed by atoms with E-state index in [4.69, 9.17) is 4.74 Å². The van der Waals surface area contributed by atoms with Crippen LogP contribution in [0.2, 0.25) is 0 Å². The number of carbonyl (C=O) groups is 1. The molecular weight excluding hydrogens is 360 g/mol. The molecule has 2 fully saturated rings. The van der Waals surface area contributed by atoms with Crippen molar-refractivity contribution in [2.45, 2.75) is 62.2 Å². The number of rotatable bonds is 8. The topological polar surface area (TPSA) is 71.1 Å². The van der Waals surface area contributed by atoms with Crippen molar-refractivity contribution in [1.82, 2.24) is 20.1 Å². The van der Waals surface area contributed by atoms with Gasteiger partial charge in [0.15, 0.2) is 0 Å². The van der Waals surface area contributed by atoms with Gasteiger partial charge in [-0.05, 0) is 43.4 Å². The number of carbonyl (C=O) groups excluding carboxylic acids is 1. The van der Waals surface area contributed by atoms with Crippen LogP contribution in [0.5, 0.6) is 5.75 Å². The van der Waals surface area contributed by atoms with Crippen LogP contribution in [0.15, 0.2) is 29.4 Å². The first-order valence-corrected chi connectivity index (χ1v) is 10.7. The van der Waals surface area contributed by atoms with Crippen molar-refractivity contribution in [2.75, 3.05) is 12.9 Å². The van der Waals surface area contributed by atoms with Crippen LogP contribution in [0.25, 0.3) is 0 Å². The lowest BCUT2D eigenvalue weighted by Gasteiger charge is -2.22. The predicted octanol–water partition coefficient (Wildman–Crippen LogP) is 3.75. The van der Waals surface area contributed by atoms with Crippen LogP contribution >= 0.6 is 11.8 Å². The lowest BCUT2D eigenvalue weighted by Crippen LogP contribution is -2.34. The highest BCUT2D eigenvalue weighted by Crippen LogP contribution is 2.33. The molecule has 0 bridgehead atoms. The molecule has 0 atom stereocenters. The number of benzene rings is 1. The Morgan fingerprint density at radius 3 is 2.63 bits per heavy atom. The fraction of sp³-hybridized carbons (Fsp3) is 0.550. The number of amides is 1. The number of hydrogen-bond acceptors (Lipinski definition) is 5. The highest BCUT2D eigenvalue weighted by molar-refractivity contribution is 7.99. The van der Waals surface area contributed by atoms with Crippen molar-refractivity contribution in [3.05, 3.63) is 35.7 Å². The van der Waals surface area contributed by atoms with Gasteiger partial charge in [0.25, 0.3) is 0 Å². The van der Waals surface area contributed by atoms with Gasteiger partial charge >= 0.3 is 0 Å². The zero-order chi connectivity index (χ0) is 18.6. The molecule has 0 aliphatic heterocycles. The second kappa shape index (κ2) is 8.33. The zero-order valence-electron chi connectivity index (χ0n) is 15.7. The van der Waals surface area contributed by atoms with Gasteiger partial charge < -0.3 is 9.64 Å². The number of nitrogens with one attached hydrogen (secondary N) is 1. The minimum Gasteiger partial charge on any atom is -0.497 e. The number of ether oxygens (including phenoxy) is 1. The molecule has 4 rings (SSSR count). The molecule has 2 aliphatic rings. The van der Waals surface area contributed by atoms with Gasteiger partial charge in [-0.3, -0.25) is 9.89 Å².